The zero-order valence-corrected chi connectivity index (χ0v) is 10.9. The first-order chi connectivity index (χ1) is 10.0. The van der Waals surface area contributed by atoms with Gasteiger partial charge in [0.25, 0.3) is 0 Å². The summed E-state index contributed by atoms with van der Waals surface area (Å²) >= 11 is 0. The van der Waals surface area contributed by atoms with Crippen LogP contribution in [0.3, 0.4) is 0 Å². The van der Waals surface area contributed by atoms with Crippen molar-refractivity contribution in [2.45, 2.75) is 0 Å². The lowest BCUT2D eigenvalue weighted by Crippen LogP contribution is -2.11. The molecule has 21 heavy (non-hydrogen) atoms. The maximum Gasteiger partial charge on any atom is 0.335 e. The van der Waals surface area contributed by atoms with Crippen molar-refractivity contribution >= 4 is 17.5 Å². The van der Waals surface area contributed by atoms with Gasteiger partial charge in [0.2, 0.25) is 0 Å². The fourth-order valence-corrected chi connectivity index (χ4v) is 2.07. The van der Waals surface area contributed by atoms with Gasteiger partial charge in [-0.05, 0) is 24.3 Å². The Kier molecular flexibility index (Phi) is 2.91. The van der Waals surface area contributed by atoms with Crippen LogP contribution in [0, 0.1) is 5.41 Å². The van der Waals surface area contributed by atoms with E-state index in [-0.39, 0.29) is 11.4 Å². The second-order valence-electron chi connectivity index (χ2n) is 4.60. The minimum atomic E-state index is -0.956. The third-order valence-corrected chi connectivity index (χ3v) is 3.20. The number of nitrogens with one attached hydrogen (secondary N) is 1. The van der Waals surface area contributed by atoms with E-state index >= 15 is 0 Å². The van der Waals surface area contributed by atoms with Gasteiger partial charge in [0, 0.05) is 23.5 Å². The van der Waals surface area contributed by atoms with Crippen LogP contribution in [-0.2, 0) is 0 Å². The number of nitrogen functional groups attached to an aromatic ring is 1. The van der Waals surface area contributed by atoms with Crippen LogP contribution in [0.4, 0.5) is 0 Å². The molecule has 0 unspecified atom stereocenters. The van der Waals surface area contributed by atoms with E-state index in [1.807, 2.05) is 10.6 Å². The van der Waals surface area contributed by atoms with Crippen LogP contribution in [0.1, 0.15) is 15.9 Å². The van der Waals surface area contributed by atoms with Crippen molar-refractivity contribution in [2.75, 3.05) is 0 Å². The monoisotopic (exact) mass is 280 g/mol. The number of hydrogen-bond acceptors (Lipinski definition) is 3. The number of nitrogens with two attached hydrogens (primary N) is 1. The highest BCUT2D eigenvalue weighted by Crippen LogP contribution is 2.20. The Bertz CT molecular complexity index is 850. The molecule has 0 fully saturated rings. The lowest BCUT2D eigenvalue weighted by atomic mass is 10.1. The van der Waals surface area contributed by atoms with Gasteiger partial charge < -0.3 is 15.2 Å². The second kappa shape index (κ2) is 4.75. The SMILES string of the molecule is N=C(N)c1ccn2cc(-c3ccc(C(=O)O)cc3)nc2c1. The Hall–Kier alpha value is -3.15. The summed E-state index contributed by atoms with van der Waals surface area (Å²) in [5.74, 6) is -0.962. The summed E-state index contributed by atoms with van der Waals surface area (Å²) in [5, 5.41) is 16.3. The molecule has 0 amide bonds. The summed E-state index contributed by atoms with van der Waals surface area (Å²) in [6, 6.07) is 10.0. The third kappa shape index (κ3) is 2.34. The normalized spacial score (nSPS) is 10.7. The molecule has 1 aromatic carbocycles. The molecule has 0 saturated heterocycles. The molecule has 104 valence electrons. The van der Waals surface area contributed by atoms with E-state index in [0.29, 0.717) is 11.2 Å². The highest BCUT2D eigenvalue weighted by atomic mass is 16.4. The number of carboxylic acid groups (broad SMARTS) is 1. The summed E-state index contributed by atoms with van der Waals surface area (Å²) in [5.41, 5.74) is 8.54. The molecule has 3 aromatic rings. The fraction of sp³-hybridized carbons (Fsp3) is 0. The zero-order chi connectivity index (χ0) is 15.0. The number of benzene rings is 1. The first-order valence-corrected chi connectivity index (χ1v) is 6.21. The van der Waals surface area contributed by atoms with Crippen LogP contribution in [0.15, 0.2) is 48.8 Å². The van der Waals surface area contributed by atoms with E-state index in [0.717, 1.165) is 11.3 Å². The summed E-state index contributed by atoms with van der Waals surface area (Å²) < 4.78 is 1.83. The van der Waals surface area contributed by atoms with Crippen LogP contribution < -0.4 is 5.73 Å². The van der Waals surface area contributed by atoms with E-state index in [4.69, 9.17) is 16.2 Å². The molecule has 0 saturated carbocycles. The Morgan fingerprint density at radius 2 is 1.90 bits per heavy atom. The maximum atomic E-state index is 10.8. The molecule has 3 rings (SSSR count). The van der Waals surface area contributed by atoms with Crippen molar-refractivity contribution in [3.63, 3.8) is 0 Å². The van der Waals surface area contributed by atoms with Gasteiger partial charge in [-0.3, -0.25) is 5.41 Å². The summed E-state index contributed by atoms with van der Waals surface area (Å²) in [7, 11) is 0. The molecule has 0 aliphatic rings. The largest absolute Gasteiger partial charge is 0.478 e. The van der Waals surface area contributed by atoms with Crippen LogP contribution in [0.25, 0.3) is 16.9 Å². The quantitative estimate of drug-likeness (QED) is 0.504. The molecular formula is C15H12N4O2. The lowest BCUT2D eigenvalue weighted by Gasteiger charge is -1.97. The Morgan fingerprint density at radius 1 is 1.19 bits per heavy atom. The highest BCUT2D eigenvalue weighted by Gasteiger charge is 2.07. The fourth-order valence-electron chi connectivity index (χ4n) is 2.07. The molecule has 0 aliphatic carbocycles. The topological polar surface area (TPSA) is 104 Å². The first kappa shape index (κ1) is 12.9. The maximum absolute atomic E-state index is 10.8. The van der Waals surface area contributed by atoms with Gasteiger partial charge in [0.15, 0.2) is 0 Å². The number of carbonyl (C=O) groups is 1. The van der Waals surface area contributed by atoms with Crippen LogP contribution >= 0.6 is 0 Å². The third-order valence-electron chi connectivity index (χ3n) is 3.20. The predicted octanol–water partition coefficient (Wildman–Crippen LogP) is 1.98. The van der Waals surface area contributed by atoms with Gasteiger partial charge in [-0.2, -0.15) is 0 Å². The van der Waals surface area contributed by atoms with Crippen molar-refractivity contribution in [1.82, 2.24) is 9.38 Å². The molecule has 0 radical (unpaired) electrons. The Labute approximate surface area is 120 Å². The van der Waals surface area contributed by atoms with E-state index < -0.39 is 5.97 Å². The standard InChI is InChI=1S/C15H12N4O2/c16-14(17)11-5-6-19-8-12(18-13(19)7-11)9-1-3-10(4-2-9)15(20)21/h1-8H,(H3,16,17)(H,20,21). The van der Waals surface area contributed by atoms with Crippen molar-refractivity contribution < 1.29 is 9.90 Å². The Balaban J connectivity index is 2.04. The number of aromatic carboxylic acids is 1. The smallest absolute Gasteiger partial charge is 0.335 e. The van der Waals surface area contributed by atoms with Crippen molar-refractivity contribution in [1.29, 1.82) is 5.41 Å². The minimum absolute atomic E-state index is 0.00661. The molecule has 6 nitrogen and oxygen atoms in total. The van der Waals surface area contributed by atoms with Crippen LogP contribution in [0.5, 0.6) is 0 Å². The summed E-state index contributed by atoms with van der Waals surface area (Å²) in [6.07, 6.45) is 3.63. The number of rotatable bonds is 3. The van der Waals surface area contributed by atoms with Gasteiger partial charge in [0.1, 0.15) is 11.5 Å². The minimum Gasteiger partial charge on any atom is -0.478 e. The lowest BCUT2D eigenvalue weighted by molar-refractivity contribution is 0.0697. The molecule has 0 aliphatic heterocycles. The summed E-state index contributed by atoms with van der Waals surface area (Å²) in [6.45, 7) is 0. The van der Waals surface area contributed by atoms with Gasteiger partial charge in [-0.25, -0.2) is 9.78 Å². The zero-order valence-electron chi connectivity index (χ0n) is 10.9. The van der Waals surface area contributed by atoms with E-state index in [2.05, 4.69) is 4.98 Å². The number of nitrogens with zero attached hydrogens (tertiary/aromatic N) is 2. The van der Waals surface area contributed by atoms with E-state index in [9.17, 15) is 4.79 Å². The van der Waals surface area contributed by atoms with Crippen molar-refractivity contribution in [3.8, 4) is 11.3 Å². The molecule has 6 heteroatoms. The predicted molar refractivity (Wildman–Crippen MR) is 78.6 cm³/mol. The van der Waals surface area contributed by atoms with Crippen LogP contribution in [-0.4, -0.2) is 26.3 Å². The molecule has 0 atom stereocenters. The summed E-state index contributed by atoms with van der Waals surface area (Å²) in [4.78, 5) is 15.3. The number of amidine groups is 1. The van der Waals surface area contributed by atoms with Gasteiger partial charge >= 0.3 is 5.97 Å². The molecule has 0 bridgehead atoms. The molecule has 0 spiro atoms. The molecule has 2 aromatic heterocycles. The van der Waals surface area contributed by atoms with E-state index in [1.165, 1.54) is 0 Å². The molecule has 4 N–H and O–H groups in total. The van der Waals surface area contributed by atoms with Gasteiger partial charge in [0.05, 0.1) is 11.3 Å². The van der Waals surface area contributed by atoms with Crippen LogP contribution in [0.2, 0.25) is 0 Å². The number of pyridine rings is 1. The average Bonchev–Trinajstić information content (AvgIpc) is 2.90. The van der Waals surface area contributed by atoms with Crippen molar-refractivity contribution in [3.05, 3.63) is 59.9 Å². The van der Waals surface area contributed by atoms with Gasteiger partial charge in [-0.1, -0.05) is 12.1 Å². The number of carboxylic acids is 1. The number of aromatic nitrogens is 2. The molecule has 2 heterocycles. The average molecular weight is 280 g/mol. The van der Waals surface area contributed by atoms with Gasteiger partial charge in [-0.15, -0.1) is 0 Å². The van der Waals surface area contributed by atoms with Crippen molar-refractivity contribution in [2.24, 2.45) is 5.73 Å². The molecular weight excluding hydrogens is 268 g/mol. The first-order valence-electron chi connectivity index (χ1n) is 6.21. The van der Waals surface area contributed by atoms with E-state index in [1.54, 1.807) is 42.6 Å². The number of fused-ring (bicyclic) bond motifs is 1. The Morgan fingerprint density at radius 3 is 2.52 bits per heavy atom. The second-order valence-corrected chi connectivity index (χ2v) is 4.60. The highest BCUT2D eigenvalue weighted by molar-refractivity contribution is 5.95. The number of imidazole rings is 1. The number of hydrogen-bond donors (Lipinski definition) is 3.